The molecule has 1 saturated carbocycles. The van der Waals surface area contributed by atoms with E-state index < -0.39 is 83.9 Å². The van der Waals surface area contributed by atoms with Crippen molar-refractivity contribution in [2.75, 3.05) is 31.6 Å². The van der Waals surface area contributed by atoms with Crippen LogP contribution in [0.2, 0.25) is 5.02 Å². The summed E-state index contributed by atoms with van der Waals surface area (Å²) in [6.07, 6.45) is 1.72. The fourth-order valence-electron chi connectivity index (χ4n) is 8.30. The fraction of sp³-hybridized carbons (Fsp3) is 0.525. The summed E-state index contributed by atoms with van der Waals surface area (Å²) in [6, 6.07) is 3.70. The first-order chi connectivity index (χ1) is 27.6. The Bertz CT molecular complexity index is 1970. The largest absolute Gasteiger partial charge is 0.394 e. The van der Waals surface area contributed by atoms with Crippen LogP contribution >= 0.6 is 11.6 Å². The fourth-order valence-corrected chi connectivity index (χ4v) is 8.46. The van der Waals surface area contributed by atoms with E-state index in [9.17, 15) is 48.2 Å². The van der Waals surface area contributed by atoms with Crippen molar-refractivity contribution in [3.63, 3.8) is 0 Å². The quantitative estimate of drug-likeness (QED) is 0.181. The van der Waals surface area contributed by atoms with Crippen LogP contribution < -0.4 is 21.3 Å². The Labute approximate surface area is 339 Å². The Morgan fingerprint density at radius 1 is 0.948 bits per heavy atom. The SMILES string of the molecule is Cc1cccc(C[C@H](NC(=O)Nc2ccc(Cl)cc2F)C(=O)N[C@@H](CO)C(=O)N2C[C@H](O)C[C@H]2C(=O)N2CCCC[C@H]2C(=O)N[C@@H](C)C(=O)N2CCC[C@@]23CC3=O)c1. The minimum atomic E-state index is -1.61. The molecule has 16 nitrogen and oxygen atoms in total. The lowest BCUT2D eigenvalue weighted by atomic mass is 9.99. The van der Waals surface area contributed by atoms with Crippen molar-refractivity contribution in [1.29, 1.82) is 0 Å². The maximum atomic E-state index is 14.5. The third-order valence-electron chi connectivity index (χ3n) is 11.4. The molecular formula is C40H49ClFN7O9. The Balaban J connectivity index is 1.13. The first-order valence-electron chi connectivity index (χ1n) is 19.6. The van der Waals surface area contributed by atoms with Gasteiger partial charge in [0.25, 0.3) is 0 Å². The van der Waals surface area contributed by atoms with Gasteiger partial charge in [-0.25, -0.2) is 9.18 Å². The van der Waals surface area contributed by atoms with Gasteiger partial charge in [0.15, 0.2) is 5.78 Å². The highest BCUT2D eigenvalue weighted by Gasteiger charge is 2.62. The summed E-state index contributed by atoms with van der Waals surface area (Å²) < 4.78 is 14.5. The minimum absolute atomic E-state index is 0.0102. The summed E-state index contributed by atoms with van der Waals surface area (Å²) in [5.74, 6) is -4.09. The van der Waals surface area contributed by atoms with Gasteiger partial charge < -0.3 is 46.2 Å². The number of ketones is 1. The van der Waals surface area contributed by atoms with Crippen LogP contribution in [0.5, 0.6) is 0 Å². The zero-order chi connectivity index (χ0) is 41.9. The summed E-state index contributed by atoms with van der Waals surface area (Å²) in [5.41, 5.74) is 0.555. The molecule has 58 heavy (non-hydrogen) atoms. The van der Waals surface area contributed by atoms with E-state index in [2.05, 4.69) is 21.3 Å². The minimum Gasteiger partial charge on any atom is -0.394 e. The number of hydrogen-bond donors (Lipinski definition) is 6. The predicted octanol–water partition coefficient (Wildman–Crippen LogP) is 1.18. The van der Waals surface area contributed by atoms with E-state index in [-0.39, 0.29) is 54.8 Å². The molecule has 0 bridgehead atoms. The third kappa shape index (κ3) is 9.26. The van der Waals surface area contributed by atoms with Crippen LogP contribution in [0.1, 0.15) is 63.0 Å². The number of aryl methyl sites for hydroxylation is 1. The van der Waals surface area contributed by atoms with Crippen molar-refractivity contribution in [3.8, 4) is 0 Å². The molecule has 4 fully saturated rings. The molecule has 6 N–H and O–H groups in total. The standard InChI is InChI=1S/C40H49ClFN7O9/c1-22-7-5-8-24(15-22)16-29(46-39(58)45-28-11-10-25(41)17-27(28)42)34(53)44-30(21-50)37(56)48-20-26(51)18-32(48)38(57)47-13-4-3-9-31(47)35(54)43-23(2)36(55)49-14-6-12-40(49)19-33(40)52/h5,7-8,10-11,15,17,23,26,29-32,50-51H,3-4,6,9,12-14,16,18-21H2,1-2H3,(H,43,54)(H,44,53)(H2,45,46,58)/t23-,26+,29-,30-,31-,32-,40-/m0/s1. The van der Waals surface area contributed by atoms with Crippen LogP contribution in [0.4, 0.5) is 14.9 Å². The first kappa shape index (κ1) is 42.5. The molecule has 6 rings (SSSR count). The van der Waals surface area contributed by atoms with E-state index in [1.165, 1.54) is 24.0 Å². The summed E-state index contributed by atoms with van der Waals surface area (Å²) in [5, 5.41) is 31.2. The topological polar surface area (TPSA) is 218 Å². The van der Waals surface area contributed by atoms with Crippen molar-refractivity contribution in [2.45, 2.75) is 107 Å². The maximum Gasteiger partial charge on any atom is 0.319 e. The van der Waals surface area contributed by atoms with E-state index in [0.29, 0.717) is 44.2 Å². The molecule has 312 valence electrons. The molecule has 0 unspecified atom stereocenters. The Hall–Kier alpha value is -5.13. The number of aliphatic hydroxyl groups excluding tert-OH is 2. The molecule has 3 heterocycles. The van der Waals surface area contributed by atoms with Crippen molar-refractivity contribution >= 4 is 58.6 Å². The van der Waals surface area contributed by atoms with Gasteiger partial charge in [-0.2, -0.15) is 0 Å². The lowest BCUT2D eigenvalue weighted by molar-refractivity contribution is -0.151. The van der Waals surface area contributed by atoms with Gasteiger partial charge in [0.2, 0.25) is 29.5 Å². The molecule has 2 aromatic rings. The van der Waals surface area contributed by atoms with Crippen molar-refractivity contribution in [2.24, 2.45) is 0 Å². The lowest BCUT2D eigenvalue weighted by Gasteiger charge is -2.39. The van der Waals surface area contributed by atoms with E-state index >= 15 is 0 Å². The number of anilines is 1. The number of carbonyl (C=O) groups is 7. The molecule has 18 heteroatoms. The highest BCUT2D eigenvalue weighted by molar-refractivity contribution is 6.30. The van der Waals surface area contributed by atoms with Crippen LogP contribution in [0.25, 0.3) is 0 Å². The summed E-state index contributed by atoms with van der Waals surface area (Å²) in [4.78, 5) is 98.2. The van der Waals surface area contributed by atoms with Gasteiger partial charge in [-0.15, -0.1) is 0 Å². The van der Waals surface area contributed by atoms with Crippen molar-refractivity contribution in [1.82, 2.24) is 30.7 Å². The number of aliphatic hydroxyl groups is 2. The van der Waals surface area contributed by atoms with Crippen LogP contribution in [-0.4, -0.2) is 134 Å². The van der Waals surface area contributed by atoms with Gasteiger partial charge in [-0.05, 0) is 69.7 Å². The number of carbonyl (C=O) groups excluding carboxylic acids is 7. The maximum absolute atomic E-state index is 14.5. The number of likely N-dealkylation sites (tertiary alicyclic amines) is 3. The number of β-amino-alcohol motifs (C(OH)–C–C–N with tert-alkyl or cyclic N) is 1. The van der Waals surface area contributed by atoms with Crippen LogP contribution in [-0.2, 0) is 35.2 Å². The Morgan fingerprint density at radius 2 is 1.71 bits per heavy atom. The van der Waals surface area contributed by atoms with Gasteiger partial charge >= 0.3 is 6.03 Å². The molecule has 1 aliphatic carbocycles. The summed E-state index contributed by atoms with van der Waals surface area (Å²) in [6.45, 7) is 2.78. The number of halogens is 2. The van der Waals surface area contributed by atoms with E-state index in [0.717, 1.165) is 16.5 Å². The predicted molar refractivity (Wildman–Crippen MR) is 208 cm³/mol. The van der Waals surface area contributed by atoms with E-state index in [1.54, 1.807) is 23.1 Å². The molecule has 4 aliphatic rings. The monoisotopic (exact) mass is 825 g/mol. The highest BCUT2D eigenvalue weighted by Crippen LogP contribution is 2.46. The number of urea groups is 1. The normalized spacial score (nSPS) is 24.2. The zero-order valence-electron chi connectivity index (χ0n) is 32.3. The highest BCUT2D eigenvalue weighted by atomic mass is 35.5. The summed E-state index contributed by atoms with van der Waals surface area (Å²) >= 11 is 5.82. The van der Waals surface area contributed by atoms with Crippen LogP contribution in [0.3, 0.4) is 0 Å². The Morgan fingerprint density at radius 3 is 2.40 bits per heavy atom. The molecule has 1 spiro atoms. The zero-order valence-corrected chi connectivity index (χ0v) is 33.1. The second-order valence-corrected chi connectivity index (χ2v) is 16.0. The number of nitrogens with zero attached hydrogens (tertiary/aromatic N) is 3. The second-order valence-electron chi connectivity index (χ2n) is 15.6. The number of Topliss-reactive ketones (excluding diaryl/α,β-unsaturated/α-hetero) is 1. The van der Waals surface area contributed by atoms with E-state index in [4.69, 9.17) is 11.6 Å². The molecule has 7 amide bonds. The molecule has 2 aromatic carbocycles. The third-order valence-corrected chi connectivity index (χ3v) is 11.6. The second kappa shape index (κ2) is 17.8. The average Bonchev–Trinajstić information content (AvgIpc) is 3.45. The average molecular weight is 826 g/mol. The molecule has 3 aliphatic heterocycles. The number of piperidine rings is 1. The lowest BCUT2D eigenvalue weighted by Crippen LogP contribution is -2.61. The van der Waals surface area contributed by atoms with Crippen molar-refractivity contribution in [3.05, 3.63) is 64.4 Å². The number of nitrogens with one attached hydrogen (secondary N) is 4. The molecule has 0 aromatic heterocycles. The van der Waals surface area contributed by atoms with Gasteiger partial charge in [-0.1, -0.05) is 41.4 Å². The van der Waals surface area contributed by atoms with Gasteiger partial charge in [0.05, 0.1) is 18.4 Å². The molecule has 3 saturated heterocycles. The summed E-state index contributed by atoms with van der Waals surface area (Å²) in [7, 11) is 0. The number of benzene rings is 2. The van der Waals surface area contributed by atoms with Gasteiger partial charge in [-0.3, -0.25) is 28.8 Å². The number of hydrogen-bond acceptors (Lipinski definition) is 9. The molecule has 7 atom stereocenters. The molecule has 0 radical (unpaired) electrons. The smallest absolute Gasteiger partial charge is 0.319 e. The van der Waals surface area contributed by atoms with Gasteiger partial charge in [0, 0.05) is 43.9 Å². The van der Waals surface area contributed by atoms with E-state index in [1.807, 2.05) is 13.0 Å². The number of rotatable bonds is 12. The molecular weight excluding hydrogens is 777 g/mol. The van der Waals surface area contributed by atoms with Crippen LogP contribution in [0, 0.1) is 12.7 Å². The Kier molecular flexibility index (Phi) is 13.0. The van der Waals surface area contributed by atoms with Crippen LogP contribution in [0.15, 0.2) is 42.5 Å². The number of amides is 7. The van der Waals surface area contributed by atoms with Gasteiger partial charge in [0.1, 0.15) is 41.6 Å². The first-order valence-corrected chi connectivity index (χ1v) is 19.9. The van der Waals surface area contributed by atoms with Crippen molar-refractivity contribution < 1.29 is 48.2 Å².